The van der Waals surface area contributed by atoms with Crippen molar-refractivity contribution in [1.29, 1.82) is 0 Å². The molecule has 32 heavy (non-hydrogen) atoms. The number of aryl methyl sites for hydroxylation is 1. The number of benzene rings is 2. The van der Waals surface area contributed by atoms with E-state index in [1.165, 1.54) is 0 Å². The van der Waals surface area contributed by atoms with Crippen LogP contribution in [0.25, 0.3) is 22.2 Å². The van der Waals surface area contributed by atoms with Gasteiger partial charge in [-0.25, -0.2) is 9.97 Å². The highest BCUT2D eigenvalue weighted by atomic mass is 16.2. The summed E-state index contributed by atoms with van der Waals surface area (Å²) >= 11 is 0. The highest BCUT2D eigenvalue weighted by Crippen LogP contribution is 2.27. The van der Waals surface area contributed by atoms with Gasteiger partial charge in [-0.05, 0) is 11.6 Å². The highest BCUT2D eigenvalue weighted by Gasteiger charge is 2.22. The molecule has 2 aromatic heterocycles. The molecule has 1 fully saturated rings. The van der Waals surface area contributed by atoms with Crippen LogP contribution in [0.15, 0.2) is 67.1 Å². The van der Waals surface area contributed by atoms with E-state index < -0.39 is 0 Å². The van der Waals surface area contributed by atoms with Gasteiger partial charge >= 0.3 is 0 Å². The Morgan fingerprint density at radius 2 is 1.72 bits per heavy atom. The number of fused-ring (bicyclic) bond motifs is 1. The Morgan fingerprint density at radius 1 is 0.969 bits per heavy atom. The normalized spacial score (nSPS) is 14.6. The third-order valence-electron chi connectivity index (χ3n) is 5.83. The van der Waals surface area contributed by atoms with Crippen LogP contribution in [0, 0.1) is 0 Å². The van der Waals surface area contributed by atoms with Gasteiger partial charge in [0.2, 0.25) is 5.91 Å². The standard InChI is InChI=1S/C24H25N7O/c1-29-23-20(15-27-29)24(26-17-25-23)31-13-11-30(12-14-31)16-22(32)28-21-10-6-5-9-19(21)18-7-3-2-4-8-18/h2-10,15,17H,11-14,16H2,1H3,(H,28,32). The fourth-order valence-electron chi connectivity index (χ4n) is 4.17. The number of piperazine rings is 1. The van der Waals surface area contributed by atoms with Crippen molar-refractivity contribution in [2.24, 2.45) is 7.05 Å². The molecule has 1 N–H and O–H groups in total. The van der Waals surface area contributed by atoms with Crippen molar-refractivity contribution in [3.8, 4) is 11.1 Å². The maximum absolute atomic E-state index is 12.8. The van der Waals surface area contributed by atoms with Gasteiger partial charge in [-0.2, -0.15) is 5.10 Å². The third kappa shape index (κ3) is 4.04. The number of nitrogens with one attached hydrogen (secondary N) is 1. The number of amides is 1. The molecule has 1 amide bonds. The lowest BCUT2D eigenvalue weighted by molar-refractivity contribution is -0.117. The van der Waals surface area contributed by atoms with Gasteiger partial charge < -0.3 is 10.2 Å². The molecule has 3 heterocycles. The Hall–Kier alpha value is -3.78. The van der Waals surface area contributed by atoms with Crippen LogP contribution in [0.1, 0.15) is 0 Å². The zero-order valence-electron chi connectivity index (χ0n) is 18.0. The molecular formula is C24H25N7O. The molecule has 2 aromatic carbocycles. The van der Waals surface area contributed by atoms with Crippen molar-refractivity contribution >= 4 is 28.4 Å². The molecule has 0 spiro atoms. The molecule has 8 nitrogen and oxygen atoms in total. The summed E-state index contributed by atoms with van der Waals surface area (Å²) in [6, 6.07) is 18.0. The van der Waals surface area contributed by atoms with Crippen LogP contribution in [0.2, 0.25) is 0 Å². The summed E-state index contributed by atoms with van der Waals surface area (Å²) in [6.07, 6.45) is 3.40. The molecule has 0 aliphatic carbocycles. The number of para-hydroxylation sites is 1. The zero-order chi connectivity index (χ0) is 21.9. The Labute approximate surface area is 186 Å². The maximum Gasteiger partial charge on any atom is 0.238 e. The molecule has 5 rings (SSSR count). The Balaban J connectivity index is 1.21. The maximum atomic E-state index is 12.8. The number of nitrogens with zero attached hydrogens (tertiary/aromatic N) is 6. The number of hydrogen-bond donors (Lipinski definition) is 1. The van der Waals surface area contributed by atoms with Crippen molar-refractivity contribution in [2.45, 2.75) is 0 Å². The number of aromatic nitrogens is 4. The fraction of sp³-hybridized carbons (Fsp3) is 0.250. The topological polar surface area (TPSA) is 79.2 Å². The number of carbonyl (C=O) groups excluding carboxylic acids is 1. The lowest BCUT2D eigenvalue weighted by atomic mass is 10.0. The molecule has 1 aliphatic heterocycles. The Morgan fingerprint density at radius 3 is 2.53 bits per heavy atom. The molecule has 1 saturated heterocycles. The molecule has 0 bridgehead atoms. The predicted octanol–water partition coefficient (Wildman–Crippen LogP) is 2.79. The lowest BCUT2D eigenvalue weighted by Crippen LogP contribution is -2.49. The second-order valence-electron chi connectivity index (χ2n) is 7.93. The van der Waals surface area contributed by atoms with E-state index >= 15 is 0 Å². The van der Waals surface area contributed by atoms with Gasteiger partial charge in [-0.3, -0.25) is 14.4 Å². The minimum Gasteiger partial charge on any atom is -0.353 e. The number of hydrogen-bond acceptors (Lipinski definition) is 6. The average molecular weight is 428 g/mol. The Kier molecular flexibility index (Phi) is 5.51. The summed E-state index contributed by atoms with van der Waals surface area (Å²) in [6.45, 7) is 3.55. The first kappa shape index (κ1) is 20.1. The molecule has 0 unspecified atom stereocenters. The van der Waals surface area contributed by atoms with E-state index in [2.05, 4.69) is 42.3 Å². The van der Waals surface area contributed by atoms with E-state index in [9.17, 15) is 4.79 Å². The summed E-state index contributed by atoms with van der Waals surface area (Å²) in [5.41, 5.74) is 3.77. The summed E-state index contributed by atoms with van der Waals surface area (Å²) in [5, 5.41) is 8.36. The fourth-order valence-corrected chi connectivity index (χ4v) is 4.17. The van der Waals surface area contributed by atoms with Crippen LogP contribution in [0.4, 0.5) is 11.5 Å². The Bertz CT molecular complexity index is 1230. The molecule has 8 heteroatoms. The van der Waals surface area contributed by atoms with Gasteiger partial charge in [-0.1, -0.05) is 48.5 Å². The zero-order valence-corrected chi connectivity index (χ0v) is 18.0. The second kappa shape index (κ2) is 8.76. The van der Waals surface area contributed by atoms with Crippen LogP contribution in [-0.4, -0.2) is 63.3 Å². The lowest BCUT2D eigenvalue weighted by Gasteiger charge is -2.35. The van der Waals surface area contributed by atoms with Crippen LogP contribution in [0.5, 0.6) is 0 Å². The van der Waals surface area contributed by atoms with Gasteiger partial charge in [0.1, 0.15) is 12.1 Å². The van der Waals surface area contributed by atoms with Crippen molar-refractivity contribution in [3.05, 3.63) is 67.1 Å². The molecular weight excluding hydrogens is 402 g/mol. The van der Waals surface area contributed by atoms with Gasteiger partial charge in [0.05, 0.1) is 18.1 Å². The third-order valence-corrected chi connectivity index (χ3v) is 5.83. The molecule has 0 radical (unpaired) electrons. The van der Waals surface area contributed by atoms with Crippen LogP contribution < -0.4 is 10.2 Å². The van der Waals surface area contributed by atoms with Crippen molar-refractivity contribution in [3.63, 3.8) is 0 Å². The average Bonchev–Trinajstić information content (AvgIpc) is 3.21. The van der Waals surface area contributed by atoms with Gasteiger partial charge in [-0.15, -0.1) is 0 Å². The van der Waals surface area contributed by atoms with Crippen molar-refractivity contribution < 1.29 is 4.79 Å². The minimum absolute atomic E-state index is 0.00137. The van der Waals surface area contributed by atoms with E-state index in [1.807, 2.05) is 55.7 Å². The molecule has 1 aliphatic rings. The largest absolute Gasteiger partial charge is 0.353 e. The number of carbonyl (C=O) groups is 1. The summed E-state index contributed by atoms with van der Waals surface area (Å²) < 4.78 is 1.76. The summed E-state index contributed by atoms with van der Waals surface area (Å²) in [5.74, 6) is 0.905. The van der Waals surface area contributed by atoms with Crippen molar-refractivity contribution in [2.75, 3.05) is 42.9 Å². The summed E-state index contributed by atoms with van der Waals surface area (Å²) in [4.78, 5) is 26.0. The number of rotatable bonds is 5. The van der Waals surface area contributed by atoms with Crippen LogP contribution in [0.3, 0.4) is 0 Å². The van der Waals surface area contributed by atoms with Crippen molar-refractivity contribution in [1.82, 2.24) is 24.6 Å². The van der Waals surface area contributed by atoms with Gasteiger partial charge in [0, 0.05) is 44.5 Å². The first-order chi connectivity index (χ1) is 15.7. The van der Waals surface area contributed by atoms with E-state index in [-0.39, 0.29) is 5.91 Å². The van der Waals surface area contributed by atoms with Crippen LogP contribution >= 0.6 is 0 Å². The van der Waals surface area contributed by atoms with E-state index in [4.69, 9.17) is 0 Å². The van der Waals surface area contributed by atoms with Gasteiger partial charge in [0.25, 0.3) is 0 Å². The molecule has 162 valence electrons. The monoisotopic (exact) mass is 427 g/mol. The SMILES string of the molecule is Cn1ncc2c(N3CCN(CC(=O)Nc4ccccc4-c4ccccc4)CC3)ncnc21. The first-order valence-corrected chi connectivity index (χ1v) is 10.7. The second-order valence-corrected chi connectivity index (χ2v) is 7.93. The molecule has 4 aromatic rings. The van der Waals surface area contributed by atoms with E-state index in [0.717, 1.165) is 59.8 Å². The van der Waals surface area contributed by atoms with Gasteiger partial charge in [0.15, 0.2) is 5.65 Å². The number of anilines is 2. The first-order valence-electron chi connectivity index (χ1n) is 10.7. The highest BCUT2D eigenvalue weighted by molar-refractivity contribution is 5.96. The van der Waals surface area contributed by atoms with E-state index in [1.54, 1.807) is 11.0 Å². The minimum atomic E-state index is -0.00137. The molecule has 0 atom stereocenters. The summed E-state index contributed by atoms with van der Waals surface area (Å²) in [7, 11) is 1.88. The molecule has 0 saturated carbocycles. The quantitative estimate of drug-likeness (QED) is 0.528. The smallest absolute Gasteiger partial charge is 0.238 e. The predicted molar refractivity (Wildman–Crippen MR) is 125 cm³/mol. The van der Waals surface area contributed by atoms with Crippen LogP contribution in [-0.2, 0) is 11.8 Å². The van der Waals surface area contributed by atoms with E-state index in [0.29, 0.717) is 6.54 Å².